The lowest BCUT2D eigenvalue weighted by Crippen LogP contribution is -2.30. The Morgan fingerprint density at radius 2 is 2.00 bits per heavy atom. The van der Waals surface area contributed by atoms with Crippen molar-refractivity contribution in [1.29, 1.82) is 0 Å². The summed E-state index contributed by atoms with van der Waals surface area (Å²) in [6.45, 7) is 2.42. The highest BCUT2D eigenvalue weighted by atomic mass is 32.1. The van der Waals surface area contributed by atoms with Crippen LogP contribution in [0.1, 0.15) is 10.8 Å². The minimum atomic E-state index is -0.241. The van der Waals surface area contributed by atoms with Crippen LogP contribution in [-0.4, -0.2) is 22.8 Å². The van der Waals surface area contributed by atoms with E-state index in [-0.39, 0.29) is 6.03 Å². The number of nitrogens with one attached hydrogen (secondary N) is 2. The predicted octanol–water partition coefficient (Wildman–Crippen LogP) is 3.47. The number of carbonyl (C=O) groups excluding carboxylic acids is 1. The molecule has 0 aliphatic carbocycles. The van der Waals surface area contributed by atoms with Gasteiger partial charge in [-0.3, -0.25) is 5.32 Å². The number of nitrogens with zero attached hydrogens (tertiary/aromatic N) is 2. The molecule has 23 heavy (non-hydrogen) atoms. The molecule has 0 aliphatic rings. The minimum absolute atomic E-state index is 0.241. The molecule has 2 N–H and O–H groups in total. The van der Waals surface area contributed by atoms with Crippen LogP contribution in [0.15, 0.2) is 46.9 Å². The zero-order chi connectivity index (χ0) is 16.1. The maximum absolute atomic E-state index is 11.8. The van der Waals surface area contributed by atoms with Gasteiger partial charge in [-0.25, -0.2) is 4.79 Å². The Kier molecular flexibility index (Phi) is 4.68. The van der Waals surface area contributed by atoms with E-state index in [2.05, 4.69) is 20.8 Å². The second kappa shape index (κ2) is 7.06. The van der Waals surface area contributed by atoms with Crippen LogP contribution in [0.5, 0.6) is 0 Å². The number of hydrogen-bond donors (Lipinski definition) is 2. The highest BCUT2D eigenvalue weighted by Gasteiger charge is 2.09. The van der Waals surface area contributed by atoms with E-state index < -0.39 is 0 Å². The number of amides is 2. The van der Waals surface area contributed by atoms with Crippen LogP contribution >= 0.6 is 11.3 Å². The van der Waals surface area contributed by atoms with Crippen LogP contribution in [0.25, 0.3) is 11.5 Å². The maximum Gasteiger partial charge on any atom is 0.319 e. The van der Waals surface area contributed by atoms with Crippen LogP contribution in [0.4, 0.5) is 9.80 Å². The van der Waals surface area contributed by atoms with Crippen LogP contribution in [0.3, 0.4) is 0 Å². The third-order valence-corrected chi connectivity index (χ3v) is 4.01. The molecule has 1 aromatic carbocycles. The SMILES string of the molecule is Cc1ccc(NC(=O)NCCc2nnc(-c3ccccc3)o2)s1. The molecule has 7 heteroatoms. The zero-order valence-corrected chi connectivity index (χ0v) is 13.4. The van der Waals surface area contributed by atoms with Crippen LogP contribution in [-0.2, 0) is 6.42 Å². The largest absolute Gasteiger partial charge is 0.421 e. The molecule has 2 heterocycles. The van der Waals surface area contributed by atoms with Gasteiger partial charge in [0.15, 0.2) is 0 Å². The zero-order valence-electron chi connectivity index (χ0n) is 12.6. The summed E-state index contributed by atoms with van der Waals surface area (Å²) in [6, 6.07) is 13.2. The first-order chi connectivity index (χ1) is 11.2. The predicted molar refractivity (Wildman–Crippen MR) is 89.5 cm³/mol. The molecule has 0 saturated heterocycles. The van der Waals surface area contributed by atoms with Crippen molar-refractivity contribution in [2.24, 2.45) is 0 Å². The first kappa shape index (κ1) is 15.2. The average molecular weight is 328 g/mol. The summed E-state index contributed by atoms with van der Waals surface area (Å²) in [5.41, 5.74) is 0.880. The maximum atomic E-state index is 11.8. The van der Waals surface area contributed by atoms with Crippen molar-refractivity contribution in [3.63, 3.8) is 0 Å². The molecule has 0 radical (unpaired) electrons. The molecule has 0 spiro atoms. The molecule has 0 bridgehead atoms. The van der Waals surface area contributed by atoms with Gasteiger partial charge in [0.05, 0.1) is 5.00 Å². The van der Waals surface area contributed by atoms with Gasteiger partial charge >= 0.3 is 6.03 Å². The summed E-state index contributed by atoms with van der Waals surface area (Å²) < 4.78 is 5.58. The lowest BCUT2D eigenvalue weighted by Gasteiger charge is -2.04. The van der Waals surface area contributed by atoms with E-state index in [4.69, 9.17) is 4.42 Å². The molecule has 0 unspecified atom stereocenters. The summed E-state index contributed by atoms with van der Waals surface area (Å²) in [6.07, 6.45) is 0.483. The van der Waals surface area contributed by atoms with Crippen molar-refractivity contribution in [2.75, 3.05) is 11.9 Å². The summed E-state index contributed by atoms with van der Waals surface area (Å²) in [5.74, 6) is 0.982. The van der Waals surface area contributed by atoms with Crippen LogP contribution < -0.4 is 10.6 Å². The molecule has 0 aliphatic heterocycles. The fourth-order valence-electron chi connectivity index (χ4n) is 1.99. The monoisotopic (exact) mass is 328 g/mol. The second-order valence-corrected chi connectivity index (χ2v) is 6.20. The number of thiophene rings is 1. The third-order valence-electron chi connectivity index (χ3n) is 3.09. The van der Waals surface area contributed by atoms with Gasteiger partial charge in [0.1, 0.15) is 0 Å². The Labute approximate surface area is 137 Å². The van der Waals surface area contributed by atoms with Crippen molar-refractivity contribution in [3.05, 3.63) is 53.2 Å². The van der Waals surface area contributed by atoms with Crippen molar-refractivity contribution in [1.82, 2.24) is 15.5 Å². The smallest absolute Gasteiger partial charge is 0.319 e. The number of anilines is 1. The summed E-state index contributed by atoms with van der Waals surface area (Å²) in [7, 11) is 0. The van der Waals surface area contributed by atoms with E-state index in [9.17, 15) is 4.79 Å². The minimum Gasteiger partial charge on any atom is -0.421 e. The van der Waals surface area contributed by atoms with Gasteiger partial charge in [0.25, 0.3) is 0 Å². The molecule has 0 atom stereocenters. The van der Waals surface area contributed by atoms with Crippen LogP contribution in [0.2, 0.25) is 0 Å². The van der Waals surface area contributed by atoms with E-state index in [1.165, 1.54) is 11.3 Å². The molecule has 0 saturated carbocycles. The standard InChI is InChI=1S/C16H16N4O2S/c1-11-7-8-14(23-11)18-16(21)17-10-9-13-19-20-15(22-13)12-5-3-2-4-6-12/h2-8H,9-10H2,1H3,(H2,17,18,21). The Balaban J connectivity index is 1.47. The van der Waals surface area contributed by atoms with Gasteiger partial charge in [-0.1, -0.05) is 18.2 Å². The van der Waals surface area contributed by atoms with Gasteiger partial charge in [-0.15, -0.1) is 21.5 Å². The van der Waals surface area contributed by atoms with E-state index in [0.29, 0.717) is 24.7 Å². The second-order valence-electron chi connectivity index (χ2n) is 4.91. The lowest BCUT2D eigenvalue weighted by atomic mass is 10.2. The van der Waals surface area contributed by atoms with E-state index in [1.807, 2.05) is 49.4 Å². The number of rotatable bonds is 5. The molecular formula is C16H16N4O2S. The number of aromatic nitrogens is 2. The Morgan fingerprint density at radius 3 is 2.74 bits per heavy atom. The number of benzene rings is 1. The van der Waals surface area contributed by atoms with Crippen molar-refractivity contribution in [2.45, 2.75) is 13.3 Å². The number of urea groups is 1. The Hall–Kier alpha value is -2.67. The fraction of sp³-hybridized carbons (Fsp3) is 0.188. The number of hydrogen-bond acceptors (Lipinski definition) is 5. The molecule has 6 nitrogen and oxygen atoms in total. The summed E-state index contributed by atoms with van der Waals surface area (Å²) in [5, 5.41) is 14.4. The van der Waals surface area contributed by atoms with Crippen molar-refractivity contribution < 1.29 is 9.21 Å². The Morgan fingerprint density at radius 1 is 1.17 bits per heavy atom. The van der Waals surface area contributed by atoms with Gasteiger partial charge in [0.2, 0.25) is 11.8 Å². The first-order valence-electron chi connectivity index (χ1n) is 7.20. The van der Waals surface area contributed by atoms with Gasteiger partial charge in [0, 0.05) is 23.4 Å². The van der Waals surface area contributed by atoms with E-state index in [1.54, 1.807) is 0 Å². The number of carbonyl (C=O) groups is 1. The quantitative estimate of drug-likeness (QED) is 0.751. The molecule has 3 rings (SSSR count). The first-order valence-corrected chi connectivity index (χ1v) is 8.01. The normalized spacial score (nSPS) is 10.5. The Bertz CT molecular complexity index is 782. The third kappa shape index (κ3) is 4.17. The molecule has 2 amide bonds. The number of aryl methyl sites for hydroxylation is 1. The molecule has 0 fully saturated rings. The van der Waals surface area contributed by atoms with Crippen molar-refractivity contribution in [3.8, 4) is 11.5 Å². The highest BCUT2D eigenvalue weighted by molar-refractivity contribution is 7.16. The molecule has 2 aromatic heterocycles. The molecular weight excluding hydrogens is 312 g/mol. The van der Waals surface area contributed by atoms with E-state index in [0.717, 1.165) is 15.4 Å². The van der Waals surface area contributed by atoms with Gasteiger partial charge < -0.3 is 9.73 Å². The van der Waals surface area contributed by atoms with Crippen molar-refractivity contribution >= 4 is 22.4 Å². The van der Waals surface area contributed by atoms with E-state index >= 15 is 0 Å². The van der Waals surface area contributed by atoms with Gasteiger partial charge in [-0.05, 0) is 31.2 Å². The molecule has 3 aromatic rings. The highest BCUT2D eigenvalue weighted by Crippen LogP contribution is 2.20. The topological polar surface area (TPSA) is 80.0 Å². The van der Waals surface area contributed by atoms with Crippen LogP contribution in [0, 0.1) is 6.92 Å². The lowest BCUT2D eigenvalue weighted by molar-refractivity contribution is 0.252. The molecule has 118 valence electrons. The summed E-state index contributed by atoms with van der Waals surface area (Å²) >= 11 is 1.53. The van der Waals surface area contributed by atoms with Gasteiger partial charge in [-0.2, -0.15) is 0 Å². The summed E-state index contributed by atoms with van der Waals surface area (Å²) in [4.78, 5) is 12.9. The fourth-order valence-corrected chi connectivity index (χ4v) is 2.76. The average Bonchev–Trinajstić information content (AvgIpc) is 3.17.